The van der Waals surface area contributed by atoms with Gasteiger partial charge < -0.3 is 29.9 Å². The summed E-state index contributed by atoms with van der Waals surface area (Å²) in [5.74, 6) is -0.333. The van der Waals surface area contributed by atoms with Gasteiger partial charge in [-0.15, -0.1) is 0 Å². The highest BCUT2D eigenvalue weighted by atomic mass is 16.6. The minimum absolute atomic E-state index is 0.0136. The van der Waals surface area contributed by atoms with Crippen LogP contribution in [0.25, 0.3) is 0 Å². The van der Waals surface area contributed by atoms with Crippen molar-refractivity contribution in [2.75, 3.05) is 31.2 Å². The number of aryl methyl sites for hydroxylation is 1. The van der Waals surface area contributed by atoms with Crippen molar-refractivity contribution in [2.45, 2.75) is 52.2 Å². The fraction of sp³-hybridized carbons (Fsp3) is 0.600. The molecule has 155 valence electrons. The van der Waals surface area contributed by atoms with Gasteiger partial charge in [0.15, 0.2) is 0 Å². The van der Waals surface area contributed by atoms with Crippen LogP contribution in [0.3, 0.4) is 0 Å². The van der Waals surface area contributed by atoms with Crippen molar-refractivity contribution >= 4 is 25.3 Å². The second-order valence-corrected chi connectivity index (χ2v) is 7.71. The van der Waals surface area contributed by atoms with E-state index in [1.807, 2.05) is 50.8 Å². The number of ether oxygens (including phenoxy) is 1. The van der Waals surface area contributed by atoms with Crippen molar-refractivity contribution in [1.29, 1.82) is 0 Å². The van der Waals surface area contributed by atoms with E-state index < -0.39 is 5.60 Å². The summed E-state index contributed by atoms with van der Waals surface area (Å²) in [6.07, 6.45) is 1.30. The van der Waals surface area contributed by atoms with E-state index in [9.17, 15) is 19.8 Å². The number of aliphatic hydroxyl groups is 2. The lowest BCUT2D eigenvalue weighted by Crippen LogP contribution is -2.38. The molecular weight excluding hydrogens is 359 g/mol. The highest BCUT2D eigenvalue weighted by Gasteiger charge is 2.21. The molecule has 0 fully saturated rings. The Labute approximate surface area is 168 Å². The quantitative estimate of drug-likeness (QED) is 0.276. The lowest BCUT2D eigenvalue weighted by Gasteiger charge is -2.26. The maximum Gasteiger partial charge on any atom is 0.307 e. The summed E-state index contributed by atoms with van der Waals surface area (Å²) >= 11 is 0. The normalized spacial score (nSPS) is 12.4. The summed E-state index contributed by atoms with van der Waals surface area (Å²) in [5.41, 5.74) is 2.39. The maximum atomic E-state index is 12.2. The smallest absolute Gasteiger partial charge is 0.307 e. The lowest BCUT2D eigenvalue weighted by atomic mass is 9.91. The van der Waals surface area contributed by atoms with Gasteiger partial charge in [0.25, 0.3) is 7.41 Å². The third kappa shape index (κ3) is 8.86. The summed E-state index contributed by atoms with van der Waals surface area (Å²) in [6.45, 7) is 8.24. The SMILES string of the molecule is Cc1ccc(N(CCO)CCO)cc1C[C@H](CC(=O)OC(C)(C)C)N[B]C=O. The molecule has 0 aliphatic rings. The molecule has 0 amide bonds. The molecule has 0 saturated heterocycles. The van der Waals surface area contributed by atoms with Gasteiger partial charge in [-0.1, -0.05) is 6.07 Å². The van der Waals surface area contributed by atoms with E-state index in [0.29, 0.717) is 25.7 Å². The number of benzene rings is 1. The molecule has 1 atom stereocenters. The Balaban J connectivity index is 2.98. The van der Waals surface area contributed by atoms with Gasteiger partial charge in [-0.2, -0.15) is 0 Å². The molecule has 28 heavy (non-hydrogen) atoms. The zero-order chi connectivity index (χ0) is 21.2. The number of hydrogen-bond acceptors (Lipinski definition) is 7. The predicted octanol–water partition coefficient (Wildman–Crippen LogP) is 0.828. The van der Waals surface area contributed by atoms with Crippen molar-refractivity contribution in [3.05, 3.63) is 29.3 Å². The molecule has 0 spiro atoms. The number of anilines is 1. The van der Waals surface area contributed by atoms with Crippen LogP contribution in [0.2, 0.25) is 0 Å². The molecule has 1 rings (SSSR count). The molecule has 7 nitrogen and oxygen atoms in total. The molecular formula is C20H32BN2O5. The van der Waals surface area contributed by atoms with Crippen LogP contribution in [0, 0.1) is 6.92 Å². The second-order valence-electron chi connectivity index (χ2n) is 7.71. The van der Waals surface area contributed by atoms with Gasteiger partial charge in [0.2, 0.25) is 0 Å². The van der Waals surface area contributed by atoms with E-state index in [0.717, 1.165) is 16.8 Å². The molecule has 0 aromatic heterocycles. The molecule has 1 aromatic carbocycles. The second kappa shape index (κ2) is 11.8. The van der Waals surface area contributed by atoms with Gasteiger partial charge in [-0.25, -0.2) is 0 Å². The van der Waals surface area contributed by atoms with Gasteiger partial charge >= 0.3 is 5.97 Å². The summed E-state index contributed by atoms with van der Waals surface area (Å²) < 4.78 is 5.40. The lowest BCUT2D eigenvalue weighted by molar-refractivity contribution is -0.155. The molecule has 0 bridgehead atoms. The molecule has 3 N–H and O–H groups in total. The fourth-order valence-electron chi connectivity index (χ4n) is 2.90. The van der Waals surface area contributed by atoms with E-state index >= 15 is 0 Å². The van der Waals surface area contributed by atoms with Crippen molar-refractivity contribution in [2.24, 2.45) is 0 Å². The Bertz CT molecular complexity index is 628. The van der Waals surface area contributed by atoms with E-state index in [-0.39, 0.29) is 31.6 Å². The first kappa shape index (κ1) is 24.1. The van der Waals surface area contributed by atoms with E-state index in [2.05, 4.69) is 5.23 Å². The Morgan fingerprint density at radius 2 is 1.93 bits per heavy atom. The van der Waals surface area contributed by atoms with Crippen molar-refractivity contribution in [3.8, 4) is 0 Å². The van der Waals surface area contributed by atoms with Gasteiger partial charge in [0.1, 0.15) is 5.60 Å². The van der Waals surface area contributed by atoms with Gasteiger partial charge in [-0.3, -0.25) is 4.79 Å². The van der Waals surface area contributed by atoms with Crippen molar-refractivity contribution in [3.63, 3.8) is 0 Å². The summed E-state index contributed by atoms with van der Waals surface area (Å²) in [5, 5.41) is 21.5. The van der Waals surface area contributed by atoms with Crippen LogP contribution in [0.1, 0.15) is 38.3 Å². The van der Waals surface area contributed by atoms with Gasteiger partial charge in [-0.05, 0) is 57.4 Å². The number of carbonyl (C=O) groups excluding carboxylic acids is 2. The van der Waals surface area contributed by atoms with Gasteiger partial charge in [0, 0.05) is 24.8 Å². The largest absolute Gasteiger partial charge is 0.460 e. The number of carbonyl (C=O) groups is 2. The molecule has 0 heterocycles. The standard InChI is InChI=1S/C20H32BN2O5/c1-15-5-6-18(23(7-9-24)8-10-25)12-16(15)11-17(22-21-14-26)13-19(27)28-20(2,3)4/h5-6,12,14,17,22,24-25H,7-11,13H2,1-4H3/t17-/m1/s1. The molecule has 8 heteroatoms. The molecule has 0 unspecified atom stereocenters. The number of rotatable bonds is 12. The number of esters is 1. The van der Waals surface area contributed by atoms with Crippen LogP contribution in [0.4, 0.5) is 5.69 Å². The van der Waals surface area contributed by atoms with Gasteiger partial charge in [0.05, 0.1) is 25.8 Å². The van der Waals surface area contributed by atoms with Crippen LogP contribution >= 0.6 is 0 Å². The molecule has 0 aliphatic carbocycles. The highest BCUT2D eigenvalue weighted by molar-refractivity contribution is 6.64. The Kier molecular flexibility index (Phi) is 10.2. The maximum absolute atomic E-state index is 12.2. The number of nitrogens with one attached hydrogen (secondary N) is 1. The minimum Gasteiger partial charge on any atom is -0.460 e. The number of aliphatic hydroxyl groups excluding tert-OH is 2. The third-order valence-corrected chi connectivity index (χ3v) is 4.14. The topological polar surface area (TPSA) is 99.1 Å². The highest BCUT2D eigenvalue weighted by Crippen LogP contribution is 2.21. The summed E-state index contributed by atoms with van der Waals surface area (Å²) in [4.78, 5) is 24.9. The average molecular weight is 391 g/mol. The van der Waals surface area contributed by atoms with E-state index in [1.54, 1.807) is 0 Å². The molecule has 1 radical (unpaired) electrons. The van der Waals surface area contributed by atoms with Crippen molar-refractivity contribution in [1.82, 2.24) is 5.23 Å². The number of nitrogens with zero attached hydrogens (tertiary/aromatic N) is 1. The zero-order valence-electron chi connectivity index (χ0n) is 17.3. The Hall–Kier alpha value is -1.90. The van der Waals surface area contributed by atoms with Crippen LogP contribution in [-0.4, -0.2) is 67.7 Å². The molecule has 0 aliphatic heterocycles. The molecule has 1 aromatic rings. The first-order valence-corrected chi connectivity index (χ1v) is 9.51. The summed E-state index contributed by atoms with van der Waals surface area (Å²) in [6, 6.07) is 5.61. The first-order chi connectivity index (χ1) is 13.2. The fourth-order valence-corrected chi connectivity index (χ4v) is 2.90. The predicted molar refractivity (Wildman–Crippen MR) is 111 cm³/mol. The zero-order valence-corrected chi connectivity index (χ0v) is 17.3. The third-order valence-electron chi connectivity index (χ3n) is 4.14. The van der Waals surface area contributed by atoms with Crippen molar-refractivity contribution < 1.29 is 24.5 Å². The van der Waals surface area contributed by atoms with Crippen LogP contribution < -0.4 is 10.1 Å². The van der Waals surface area contributed by atoms with E-state index in [4.69, 9.17) is 4.74 Å². The van der Waals surface area contributed by atoms with Crippen LogP contribution in [0.15, 0.2) is 18.2 Å². The Morgan fingerprint density at radius 1 is 1.29 bits per heavy atom. The number of hydrogen-bond donors (Lipinski definition) is 3. The minimum atomic E-state index is -0.569. The monoisotopic (exact) mass is 391 g/mol. The Morgan fingerprint density at radius 3 is 2.46 bits per heavy atom. The molecule has 0 saturated carbocycles. The van der Waals surface area contributed by atoms with E-state index in [1.165, 1.54) is 7.41 Å². The average Bonchev–Trinajstić information content (AvgIpc) is 2.59. The summed E-state index contributed by atoms with van der Waals surface area (Å²) in [7, 11) is 1.29. The van der Waals surface area contributed by atoms with Crippen LogP contribution in [-0.2, 0) is 20.7 Å². The first-order valence-electron chi connectivity index (χ1n) is 9.51. The van der Waals surface area contributed by atoms with Crippen LogP contribution in [0.5, 0.6) is 0 Å².